The molecular weight excluding hydrogens is 475 g/mol. The number of anilines is 1. The van der Waals surface area contributed by atoms with Crippen molar-refractivity contribution >= 4 is 53.3 Å². The highest BCUT2D eigenvalue weighted by Gasteiger charge is 2.24. The van der Waals surface area contributed by atoms with Crippen molar-refractivity contribution in [3.05, 3.63) is 24.3 Å². The van der Waals surface area contributed by atoms with Crippen LogP contribution in [0, 0.1) is 0 Å². The van der Waals surface area contributed by atoms with Crippen molar-refractivity contribution in [1.82, 2.24) is 10.6 Å². The zero-order chi connectivity index (χ0) is 18.2. The summed E-state index contributed by atoms with van der Waals surface area (Å²) in [4.78, 5) is 18.7. The number of nitrogens with zero attached hydrogens (tertiary/aromatic N) is 2. The van der Waals surface area contributed by atoms with Crippen LogP contribution in [-0.2, 0) is 4.79 Å². The number of guanidine groups is 1. The first-order valence-corrected chi connectivity index (χ1v) is 10.5. The monoisotopic (exact) mass is 504 g/mol. The second-order valence-electron chi connectivity index (χ2n) is 6.44. The minimum absolute atomic E-state index is 0. The molecule has 0 aliphatic carbocycles. The fourth-order valence-electron chi connectivity index (χ4n) is 3.17. The molecule has 2 aliphatic rings. The summed E-state index contributed by atoms with van der Waals surface area (Å²) in [6.07, 6.45) is 3.43. The Kier molecular flexibility index (Phi) is 9.53. The van der Waals surface area contributed by atoms with E-state index in [2.05, 4.69) is 17.6 Å². The quantitative estimate of drug-likeness (QED) is 0.259. The van der Waals surface area contributed by atoms with E-state index in [4.69, 9.17) is 9.73 Å². The predicted molar refractivity (Wildman–Crippen MR) is 124 cm³/mol. The number of nitrogens with one attached hydrogen (secondary N) is 2. The number of carbonyl (C=O) groups is 1. The summed E-state index contributed by atoms with van der Waals surface area (Å²) in [7, 11) is 0. The third-order valence-corrected chi connectivity index (χ3v) is 5.86. The molecule has 0 aromatic heterocycles. The predicted octanol–water partition coefficient (Wildman–Crippen LogP) is 2.87. The number of halogens is 1. The number of benzene rings is 1. The van der Waals surface area contributed by atoms with Crippen molar-refractivity contribution in [2.75, 3.05) is 43.4 Å². The number of carbonyl (C=O) groups excluding carboxylic acids is 1. The van der Waals surface area contributed by atoms with E-state index in [-0.39, 0.29) is 36.5 Å². The Morgan fingerprint density at radius 1 is 1.37 bits per heavy atom. The zero-order valence-corrected chi connectivity index (χ0v) is 18.9. The maximum absolute atomic E-state index is 12.2. The Morgan fingerprint density at radius 2 is 2.22 bits per heavy atom. The Balaban J connectivity index is 0.00000261. The smallest absolute Gasteiger partial charge is 0.265 e. The highest BCUT2D eigenvalue weighted by atomic mass is 127. The van der Waals surface area contributed by atoms with E-state index in [1.54, 1.807) is 0 Å². The third-order valence-electron chi connectivity index (χ3n) is 4.48. The standard InChI is InChI=1S/C19H28N4O2S.HI/c1-2-20-19(22-13-15-7-5-12-26-15)21-10-6-11-23-16-8-3-4-9-17(16)25-14-18(23)24;/h3-4,8-9,15H,2,5-7,10-14H2,1H3,(H2,20,21,22);1H. The average Bonchev–Trinajstić information content (AvgIpc) is 3.18. The summed E-state index contributed by atoms with van der Waals surface area (Å²) >= 11 is 2.02. The number of rotatable bonds is 7. The number of thioether (sulfide) groups is 1. The van der Waals surface area contributed by atoms with Gasteiger partial charge in [0.2, 0.25) is 0 Å². The third kappa shape index (κ3) is 6.44. The van der Waals surface area contributed by atoms with Crippen LogP contribution in [0.2, 0.25) is 0 Å². The summed E-state index contributed by atoms with van der Waals surface area (Å²) in [5, 5.41) is 7.34. The van der Waals surface area contributed by atoms with E-state index in [9.17, 15) is 4.79 Å². The first kappa shape index (κ1) is 22.1. The van der Waals surface area contributed by atoms with Gasteiger partial charge in [-0.1, -0.05) is 12.1 Å². The lowest BCUT2D eigenvalue weighted by Crippen LogP contribution is -2.42. The topological polar surface area (TPSA) is 66.0 Å². The summed E-state index contributed by atoms with van der Waals surface area (Å²) < 4.78 is 5.49. The van der Waals surface area contributed by atoms with Crippen LogP contribution in [0.3, 0.4) is 0 Å². The van der Waals surface area contributed by atoms with E-state index in [1.807, 2.05) is 40.9 Å². The van der Waals surface area contributed by atoms with Gasteiger partial charge in [0, 0.05) is 24.9 Å². The van der Waals surface area contributed by atoms with Crippen LogP contribution in [0.5, 0.6) is 5.75 Å². The molecule has 1 aromatic carbocycles. The van der Waals surface area contributed by atoms with E-state index >= 15 is 0 Å². The van der Waals surface area contributed by atoms with Crippen LogP contribution >= 0.6 is 35.7 Å². The molecule has 1 unspecified atom stereocenters. The molecule has 8 heteroatoms. The van der Waals surface area contributed by atoms with Gasteiger partial charge in [-0.3, -0.25) is 9.79 Å². The van der Waals surface area contributed by atoms with Crippen LogP contribution < -0.4 is 20.3 Å². The minimum atomic E-state index is 0. The highest BCUT2D eigenvalue weighted by molar-refractivity contribution is 14.0. The molecule has 1 atom stereocenters. The molecule has 1 fully saturated rings. The van der Waals surface area contributed by atoms with Crippen LogP contribution in [0.15, 0.2) is 29.3 Å². The van der Waals surface area contributed by atoms with Crippen LogP contribution in [0.1, 0.15) is 26.2 Å². The maximum atomic E-state index is 12.2. The Morgan fingerprint density at radius 3 is 3.00 bits per heavy atom. The van der Waals surface area contributed by atoms with Crippen molar-refractivity contribution in [3.8, 4) is 5.75 Å². The SMILES string of the molecule is CCNC(=NCC1CCCS1)NCCCN1C(=O)COc2ccccc21.I. The summed E-state index contributed by atoms with van der Waals surface area (Å²) in [6.45, 7) is 5.35. The number of hydrogen-bond acceptors (Lipinski definition) is 4. The van der Waals surface area contributed by atoms with E-state index in [0.717, 1.165) is 43.5 Å². The number of hydrogen-bond donors (Lipinski definition) is 2. The van der Waals surface area contributed by atoms with Gasteiger partial charge in [-0.15, -0.1) is 24.0 Å². The van der Waals surface area contributed by atoms with Gasteiger partial charge in [0.25, 0.3) is 5.91 Å². The van der Waals surface area contributed by atoms with E-state index < -0.39 is 0 Å². The lowest BCUT2D eigenvalue weighted by molar-refractivity contribution is -0.121. The fraction of sp³-hybridized carbons (Fsp3) is 0.579. The van der Waals surface area contributed by atoms with Crippen molar-refractivity contribution in [3.63, 3.8) is 0 Å². The van der Waals surface area contributed by atoms with E-state index in [1.165, 1.54) is 18.6 Å². The van der Waals surface area contributed by atoms with Crippen LogP contribution in [0.25, 0.3) is 0 Å². The normalized spacial score (nSPS) is 19.1. The molecule has 2 heterocycles. The van der Waals surface area contributed by atoms with Crippen molar-refractivity contribution < 1.29 is 9.53 Å². The molecule has 1 saturated heterocycles. The van der Waals surface area contributed by atoms with Crippen LogP contribution in [-0.4, -0.2) is 55.7 Å². The molecule has 6 nitrogen and oxygen atoms in total. The highest BCUT2D eigenvalue weighted by Crippen LogP contribution is 2.31. The second kappa shape index (κ2) is 11.6. The molecule has 2 N–H and O–H groups in total. The largest absolute Gasteiger partial charge is 0.482 e. The molecule has 0 saturated carbocycles. The summed E-state index contributed by atoms with van der Waals surface area (Å²) in [5.74, 6) is 2.93. The van der Waals surface area contributed by atoms with Gasteiger partial charge in [-0.25, -0.2) is 0 Å². The Labute approximate surface area is 182 Å². The average molecular weight is 504 g/mol. The molecule has 2 aliphatic heterocycles. The first-order chi connectivity index (χ1) is 12.8. The van der Waals surface area contributed by atoms with Gasteiger partial charge in [0.1, 0.15) is 5.75 Å². The molecule has 150 valence electrons. The zero-order valence-electron chi connectivity index (χ0n) is 15.8. The van der Waals surface area contributed by atoms with Crippen molar-refractivity contribution in [2.24, 2.45) is 4.99 Å². The van der Waals surface area contributed by atoms with Gasteiger partial charge in [0.15, 0.2) is 12.6 Å². The molecule has 1 aromatic rings. The molecule has 0 bridgehead atoms. The van der Waals surface area contributed by atoms with Gasteiger partial charge in [-0.05, 0) is 44.1 Å². The van der Waals surface area contributed by atoms with Gasteiger partial charge in [-0.2, -0.15) is 11.8 Å². The van der Waals surface area contributed by atoms with Crippen molar-refractivity contribution in [1.29, 1.82) is 0 Å². The van der Waals surface area contributed by atoms with Crippen LogP contribution in [0.4, 0.5) is 5.69 Å². The molecule has 0 spiro atoms. The Hall–Kier alpha value is -1.16. The minimum Gasteiger partial charge on any atom is -0.482 e. The number of fused-ring (bicyclic) bond motifs is 1. The second-order valence-corrected chi connectivity index (χ2v) is 7.85. The van der Waals surface area contributed by atoms with Gasteiger partial charge in [0.05, 0.1) is 12.2 Å². The molecule has 1 amide bonds. The summed E-state index contributed by atoms with van der Waals surface area (Å²) in [5.41, 5.74) is 0.864. The fourth-order valence-corrected chi connectivity index (χ4v) is 4.35. The number of para-hydroxylation sites is 2. The maximum Gasteiger partial charge on any atom is 0.265 e. The molecular formula is C19H29IN4O2S. The van der Waals surface area contributed by atoms with Gasteiger partial charge >= 0.3 is 0 Å². The number of amides is 1. The first-order valence-electron chi connectivity index (χ1n) is 9.44. The lowest BCUT2D eigenvalue weighted by Gasteiger charge is -2.29. The number of aliphatic imine (C=N–C) groups is 1. The molecule has 3 rings (SSSR count). The molecule has 27 heavy (non-hydrogen) atoms. The number of ether oxygens (including phenoxy) is 1. The molecule has 0 radical (unpaired) electrons. The summed E-state index contributed by atoms with van der Waals surface area (Å²) in [6, 6.07) is 7.70. The van der Waals surface area contributed by atoms with E-state index in [0.29, 0.717) is 11.8 Å². The van der Waals surface area contributed by atoms with Gasteiger partial charge < -0.3 is 20.3 Å². The lowest BCUT2D eigenvalue weighted by atomic mass is 10.2. The van der Waals surface area contributed by atoms with Crippen molar-refractivity contribution in [2.45, 2.75) is 31.4 Å². The Bertz CT molecular complexity index is 638.